The van der Waals surface area contributed by atoms with Gasteiger partial charge in [-0.15, -0.1) is 0 Å². The van der Waals surface area contributed by atoms with Crippen LogP contribution in [0.15, 0.2) is 36.9 Å². The number of imidazole rings is 1. The molecule has 1 saturated heterocycles. The average molecular weight is 1120 g/mol. The van der Waals surface area contributed by atoms with E-state index >= 15 is 0 Å². The Kier molecular flexibility index (Phi) is 23.2. The summed E-state index contributed by atoms with van der Waals surface area (Å²) in [5.74, 6) is -2.28. The summed E-state index contributed by atoms with van der Waals surface area (Å²) in [6, 6.07) is 8.43. The highest BCUT2D eigenvalue weighted by Gasteiger charge is 2.50. The van der Waals surface area contributed by atoms with Crippen molar-refractivity contribution in [3.63, 3.8) is 0 Å². The number of aliphatic hydroxyl groups is 2. The van der Waals surface area contributed by atoms with E-state index in [4.69, 9.17) is 19.5 Å². The van der Waals surface area contributed by atoms with E-state index in [0.717, 1.165) is 75.0 Å². The smallest absolute Gasteiger partial charge is 0.481 e. The number of rotatable bonds is 34. The number of amides is 2. The van der Waals surface area contributed by atoms with Crippen LogP contribution in [0.25, 0.3) is 11.2 Å². The Balaban J connectivity index is 1.12. The maximum Gasteiger partial charge on any atom is 0.481 e. The van der Waals surface area contributed by atoms with E-state index in [0.29, 0.717) is 12.8 Å². The van der Waals surface area contributed by atoms with Crippen LogP contribution in [0.3, 0.4) is 0 Å². The topological polar surface area (TPSA) is 401 Å². The summed E-state index contributed by atoms with van der Waals surface area (Å²) in [4.78, 5) is 101. The molecular formula is C46H74N7O19P3. The normalized spacial score (nSPS) is 19.6. The van der Waals surface area contributed by atoms with E-state index in [9.17, 15) is 67.8 Å². The van der Waals surface area contributed by atoms with Gasteiger partial charge in [-0.05, 0) is 63.5 Å². The number of ketones is 1. The largest absolute Gasteiger partial charge is 0.481 e. The van der Waals surface area contributed by atoms with Gasteiger partial charge in [-0.25, -0.2) is 28.6 Å². The van der Waals surface area contributed by atoms with Crippen LogP contribution in [0.5, 0.6) is 0 Å². The number of nitrogen functional groups attached to an aromatic ring is 1. The highest BCUT2D eigenvalue weighted by atomic mass is 31.3. The monoisotopic (exact) mass is 1120 g/mol. The number of nitrogens with zero attached hydrogens (tertiary/aromatic N) is 4. The van der Waals surface area contributed by atoms with E-state index in [1.54, 1.807) is 13.8 Å². The average Bonchev–Trinajstić information content (AvgIpc) is 3.88. The third kappa shape index (κ3) is 20.0. The standard InChI is InChI=1S/C46H74N7O19P3/c1-44(2,22-15-9-11-17-31-19-13-12-18-30(31)16-10-7-8-14-23-45(3,4)43(59)60)33(54)20-24-48-34(55)21-25-49-41(58)38(57)46(5,6)27-69-75(66,67)72-74(64,65)68-26-32-37(71-73(61,62)63)36(56)42(70-32)53-29-52-35-39(47)50-28-51-40(35)53/h12-13,18-19,28-29,32,36-38,42,56-57H,7-11,14-17,20-27H2,1-6H3,(H,48,55)(H,49,58)(H,59,60)(H,64,65)(H,66,67)(H2,47,50,51)(H2,61,62,63). The number of carboxylic acid groups (broad SMARTS) is 1. The molecule has 422 valence electrons. The lowest BCUT2D eigenvalue weighted by Crippen LogP contribution is -2.46. The molecule has 0 radical (unpaired) electrons. The molecule has 26 nitrogen and oxygen atoms in total. The Morgan fingerprint density at radius 1 is 0.800 bits per heavy atom. The first-order chi connectivity index (χ1) is 34.8. The summed E-state index contributed by atoms with van der Waals surface area (Å²) < 4.78 is 62.7. The number of nitrogens with one attached hydrogen (secondary N) is 2. The number of carbonyl (C=O) groups excluding carboxylic acids is 3. The van der Waals surface area contributed by atoms with Gasteiger partial charge < -0.3 is 56.0 Å². The van der Waals surface area contributed by atoms with Crippen LogP contribution >= 0.6 is 23.5 Å². The number of carbonyl (C=O) groups is 4. The van der Waals surface area contributed by atoms with Gasteiger partial charge in [0.15, 0.2) is 17.7 Å². The zero-order valence-corrected chi connectivity index (χ0v) is 45.8. The predicted molar refractivity (Wildman–Crippen MR) is 270 cm³/mol. The number of aryl methyl sites for hydroxylation is 2. The van der Waals surface area contributed by atoms with Crippen LogP contribution < -0.4 is 16.4 Å². The van der Waals surface area contributed by atoms with Crippen molar-refractivity contribution in [2.75, 3.05) is 32.0 Å². The predicted octanol–water partition coefficient (Wildman–Crippen LogP) is 4.80. The molecule has 3 heterocycles. The van der Waals surface area contributed by atoms with Gasteiger partial charge in [-0.1, -0.05) is 84.1 Å². The van der Waals surface area contributed by atoms with Crippen molar-refractivity contribution >= 4 is 64.0 Å². The van der Waals surface area contributed by atoms with Crippen LogP contribution in [0, 0.1) is 16.2 Å². The molecule has 1 aliphatic heterocycles. The molecule has 0 saturated carbocycles. The molecule has 0 spiro atoms. The molecule has 75 heavy (non-hydrogen) atoms. The highest BCUT2D eigenvalue weighted by Crippen LogP contribution is 2.61. The number of hydrogen-bond acceptors (Lipinski definition) is 18. The summed E-state index contributed by atoms with van der Waals surface area (Å²) in [5, 5.41) is 36.0. The molecule has 29 heteroatoms. The number of aliphatic carboxylic acids is 1. The van der Waals surface area contributed by atoms with E-state index in [1.807, 2.05) is 19.9 Å². The molecule has 7 unspecified atom stereocenters. The number of unbranched alkanes of at least 4 members (excludes halogenated alkanes) is 5. The van der Waals surface area contributed by atoms with Crippen molar-refractivity contribution in [1.82, 2.24) is 30.2 Å². The molecule has 1 fully saturated rings. The first kappa shape index (κ1) is 63.4. The zero-order valence-electron chi connectivity index (χ0n) is 43.1. The summed E-state index contributed by atoms with van der Waals surface area (Å²) in [5.41, 5.74) is 5.61. The fraction of sp³-hybridized carbons (Fsp3) is 0.674. The molecule has 1 aromatic carbocycles. The maximum absolute atomic E-state index is 13.1. The number of aromatic nitrogens is 4. The summed E-state index contributed by atoms with van der Waals surface area (Å²) in [6.45, 7) is 7.61. The molecule has 1 aliphatic rings. The lowest BCUT2D eigenvalue weighted by molar-refractivity contribution is -0.147. The van der Waals surface area contributed by atoms with Gasteiger partial charge in [0.05, 0.1) is 25.0 Å². The van der Waals surface area contributed by atoms with Crippen molar-refractivity contribution in [1.29, 1.82) is 0 Å². The number of aliphatic hydroxyl groups excluding tert-OH is 2. The van der Waals surface area contributed by atoms with Gasteiger partial charge in [0.1, 0.15) is 42.0 Å². The maximum atomic E-state index is 13.1. The highest BCUT2D eigenvalue weighted by molar-refractivity contribution is 7.61. The molecule has 2 amide bonds. The fourth-order valence-corrected chi connectivity index (χ4v) is 11.0. The van der Waals surface area contributed by atoms with E-state index in [1.165, 1.54) is 25.0 Å². The first-order valence-electron chi connectivity index (χ1n) is 24.6. The molecule has 0 aliphatic carbocycles. The van der Waals surface area contributed by atoms with Crippen molar-refractivity contribution < 1.29 is 90.4 Å². The van der Waals surface area contributed by atoms with E-state index in [2.05, 4.69) is 52.6 Å². The van der Waals surface area contributed by atoms with Gasteiger partial charge in [0, 0.05) is 36.8 Å². The Hall–Kier alpha value is -4.10. The van der Waals surface area contributed by atoms with Crippen LogP contribution in [0.2, 0.25) is 0 Å². The Bertz CT molecular complexity index is 2560. The van der Waals surface area contributed by atoms with Gasteiger partial charge in [-0.3, -0.25) is 37.3 Å². The van der Waals surface area contributed by atoms with Crippen molar-refractivity contribution in [2.24, 2.45) is 16.2 Å². The number of carboxylic acids is 1. The fourth-order valence-electron chi connectivity index (χ4n) is 8.18. The number of hydrogen-bond donors (Lipinski definition) is 10. The first-order valence-corrected chi connectivity index (χ1v) is 29.1. The second kappa shape index (κ2) is 27.5. The minimum absolute atomic E-state index is 0.00559. The quantitative estimate of drug-likeness (QED) is 0.0283. The zero-order chi connectivity index (χ0) is 56.0. The Labute approximate surface area is 435 Å². The van der Waals surface area contributed by atoms with Crippen LogP contribution in [-0.2, 0) is 68.3 Å². The number of Topliss-reactive ketones (excluding diaryl/α,β-unsaturated/α-hetero) is 1. The second-order valence-electron chi connectivity index (χ2n) is 20.6. The second-order valence-corrected chi connectivity index (χ2v) is 24.8. The number of anilines is 1. The number of nitrogens with two attached hydrogens (primary N) is 1. The minimum atomic E-state index is -5.60. The van der Waals surface area contributed by atoms with Crippen molar-refractivity contribution in [3.05, 3.63) is 48.0 Å². The lowest BCUT2D eigenvalue weighted by atomic mass is 9.81. The lowest BCUT2D eigenvalue weighted by Gasteiger charge is -2.30. The third-order valence-electron chi connectivity index (χ3n) is 12.9. The molecule has 0 bridgehead atoms. The molecular weight excluding hydrogens is 1050 g/mol. The van der Waals surface area contributed by atoms with E-state index in [-0.39, 0.29) is 48.7 Å². The summed E-state index contributed by atoms with van der Waals surface area (Å²) in [7, 11) is -16.5. The molecule has 3 aromatic rings. The van der Waals surface area contributed by atoms with Gasteiger partial charge in [0.25, 0.3) is 0 Å². The van der Waals surface area contributed by atoms with Crippen LogP contribution in [0.4, 0.5) is 5.82 Å². The summed E-state index contributed by atoms with van der Waals surface area (Å²) in [6.07, 6.45) is 3.11. The number of fused-ring (bicyclic) bond motifs is 1. The van der Waals surface area contributed by atoms with Crippen LogP contribution in [0.1, 0.15) is 130 Å². The number of phosphoric ester groups is 3. The van der Waals surface area contributed by atoms with Crippen molar-refractivity contribution in [3.8, 4) is 0 Å². The van der Waals surface area contributed by atoms with Gasteiger partial charge in [-0.2, -0.15) is 4.31 Å². The van der Waals surface area contributed by atoms with Gasteiger partial charge >= 0.3 is 29.4 Å². The molecule has 11 N–H and O–H groups in total. The molecule has 7 atom stereocenters. The third-order valence-corrected chi connectivity index (χ3v) is 16.0. The number of phosphoric acid groups is 3. The molecule has 2 aromatic heterocycles. The number of ether oxygens (including phenoxy) is 1. The van der Waals surface area contributed by atoms with E-state index < -0.39 is 101 Å². The molecule has 4 rings (SSSR count). The SMILES string of the molecule is CC(C)(CCCCCCc1ccccc1CCCCCC(C)(C)C(=O)CCNC(=O)CCNC(=O)C(O)C(C)(C)COP(=O)(O)OP(=O)(O)OCC1OC(n2cnc3c(N)ncnc32)C(O)C1OP(=O)(O)O)C(=O)O. The summed E-state index contributed by atoms with van der Waals surface area (Å²) >= 11 is 0. The number of benzene rings is 1. The van der Waals surface area contributed by atoms with Crippen molar-refractivity contribution in [2.45, 2.75) is 156 Å². The minimum Gasteiger partial charge on any atom is -0.481 e. The Morgan fingerprint density at radius 2 is 1.37 bits per heavy atom. The van der Waals surface area contributed by atoms with Gasteiger partial charge in [0.2, 0.25) is 11.8 Å². The van der Waals surface area contributed by atoms with Crippen LogP contribution in [-0.4, -0.2) is 129 Å². The Morgan fingerprint density at radius 3 is 1.99 bits per heavy atom.